The molecule has 0 aliphatic carbocycles. The van der Waals surface area contributed by atoms with Gasteiger partial charge in [-0.25, -0.2) is 4.79 Å². The van der Waals surface area contributed by atoms with Gasteiger partial charge in [-0.15, -0.1) is 0 Å². The van der Waals surface area contributed by atoms with E-state index in [-0.39, 0.29) is 24.8 Å². The van der Waals surface area contributed by atoms with Gasteiger partial charge in [0.25, 0.3) is 0 Å². The first-order valence-electron chi connectivity index (χ1n) is 7.59. The van der Waals surface area contributed by atoms with E-state index in [0.29, 0.717) is 0 Å². The van der Waals surface area contributed by atoms with Gasteiger partial charge in [-0.1, -0.05) is 0 Å². The topological polar surface area (TPSA) is 53.0 Å². The molecule has 0 aromatic heterocycles. The predicted molar refractivity (Wildman–Crippen MR) is 79.8 cm³/mol. The van der Waals surface area contributed by atoms with Crippen LogP contribution in [0.5, 0.6) is 0 Å². The number of aliphatic hydroxyl groups excluding tert-OH is 1. The average Bonchev–Trinajstić information content (AvgIpc) is 2.29. The van der Waals surface area contributed by atoms with Crippen LogP contribution in [0.4, 0.5) is 4.79 Å². The van der Waals surface area contributed by atoms with Crippen LogP contribution in [-0.4, -0.2) is 64.9 Å². The molecule has 0 saturated carbocycles. The number of hydrogen-bond acceptors (Lipinski definition) is 4. The molecule has 1 N–H and O–H groups in total. The zero-order chi connectivity index (χ0) is 15.3. The van der Waals surface area contributed by atoms with Gasteiger partial charge in [-0.2, -0.15) is 0 Å². The van der Waals surface area contributed by atoms with Gasteiger partial charge in [0.2, 0.25) is 0 Å². The van der Waals surface area contributed by atoms with Crippen molar-refractivity contribution < 1.29 is 14.6 Å². The minimum Gasteiger partial charge on any atom is -0.444 e. The Kier molecular flexibility index (Phi) is 6.27. The Balaban J connectivity index is 2.62. The van der Waals surface area contributed by atoms with Crippen LogP contribution in [0.15, 0.2) is 0 Å². The molecule has 0 aromatic rings. The molecule has 0 spiro atoms. The number of amides is 1. The van der Waals surface area contributed by atoms with Gasteiger partial charge in [0, 0.05) is 31.7 Å². The van der Waals surface area contributed by atoms with E-state index in [1.165, 1.54) is 0 Å². The zero-order valence-corrected chi connectivity index (χ0v) is 13.6. The molecule has 0 aromatic carbocycles. The molecule has 1 fully saturated rings. The lowest BCUT2D eigenvalue weighted by Gasteiger charge is -2.40. The summed E-state index contributed by atoms with van der Waals surface area (Å²) >= 11 is 0. The monoisotopic (exact) mass is 286 g/mol. The molecule has 1 aliphatic heterocycles. The first-order valence-corrected chi connectivity index (χ1v) is 7.59. The third-order valence-corrected chi connectivity index (χ3v) is 3.53. The number of ether oxygens (including phenoxy) is 1. The summed E-state index contributed by atoms with van der Waals surface area (Å²) in [6, 6.07) is 0.374. The van der Waals surface area contributed by atoms with E-state index < -0.39 is 5.60 Å². The third kappa shape index (κ3) is 5.29. The van der Waals surface area contributed by atoms with Crippen LogP contribution in [0, 0.1) is 0 Å². The fourth-order valence-corrected chi connectivity index (χ4v) is 2.66. The van der Waals surface area contributed by atoms with Crippen molar-refractivity contribution in [3.05, 3.63) is 0 Å². The van der Waals surface area contributed by atoms with Gasteiger partial charge in [-0.3, -0.25) is 0 Å². The molecule has 1 saturated heterocycles. The van der Waals surface area contributed by atoms with Gasteiger partial charge in [0.1, 0.15) is 5.60 Å². The van der Waals surface area contributed by atoms with Crippen molar-refractivity contribution in [2.75, 3.05) is 26.2 Å². The summed E-state index contributed by atoms with van der Waals surface area (Å²) in [6.45, 7) is 12.5. The molecular weight excluding hydrogens is 256 g/mol. The van der Waals surface area contributed by atoms with E-state index in [1.54, 1.807) is 0 Å². The number of nitrogens with zero attached hydrogens (tertiary/aromatic N) is 2. The van der Waals surface area contributed by atoms with Crippen molar-refractivity contribution in [1.82, 2.24) is 9.80 Å². The molecule has 0 unspecified atom stereocenters. The number of likely N-dealkylation sites (tertiary alicyclic amines) is 1. The van der Waals surface area contributed by atoms with E-state index in [1.807, 2.05) is 39.5 Å². The van der Waals surface area contributed by atoms with E-state index in [0.717, 1.165) is 32.5 Å². The van der Waals surface area contributed by atoms with Crippen molar-refractivity contribution in [3.8, 4) is 0 Å². The lowest BCUT2D eigenvalue weighted by molar-refractivity contribution is -0.000897. The van der Waals surface area contributed by atoms with Crippen molar-refractivity contribution in [3.63, 3.8) is 0 Å². The summed E-state index contributed by atoms with van der Waals surface area (Å²) in [5, 5.41) is 8.97. The van der Waals surface area contributed by atoms with E-state index in [4.69, 9.17) is 9.84 Å². The summed E-state index contributed by atoms with van der Waals surface area (Å²) < 4.78 is 5.52. The van der Waals surface area contributed by atoms with Gasteiger partial charge >= 0.3 is 6.09 Å². The maximum Gasteiger partial charge on any atom is 0.410 e. The van der Waals surface area contributed by atoms with Crippen molar-refractivity contribution in [1.29, 1.82) is 0 Å². The second-order valence-electron chi connectivity index (χ2n) is 6.78. The molecule has 1 heterocycles. The van der Waals surface area contributed by atoms with Crippen LogP contribution >= 0.6 is 0 Å². The van der Waals surface area contributed by atoms with Gasteiger partial charge in [0.05, 0.1) is 6.61 Å². The summed E-state index contributed by atoms with van der Waals surface area (Å²) in [7, 11) is 0. The van der Waals surface area contributed by atoms with Crippen LogP contribution in [0.3, 0.4) is 0 Å². The van der Waals surface area contributed by atoms with Crippen LogP contribution in [0.2, 0.25) is 0 Å². The number of hydrogen-bond donors (Lipinski definition) is 1. The van der Waals surface area contributed by atoms with Crippen LogP contribution in [-0.2, 0) is 4.74 Å². The molecule has 20 heavy (non-hydrogen) atoms. The number of rotatable bonds is 4. The third-order valence-electron chi connectivity index (χ3n) is 3.53. The van der Waals surface area contributed by atoms with Crippen molar-refractivity contribution >= 4 is 6.09 Å². The summed E-state index contributed by atoms with van der Waals surface area (Å²) in [6.07, 6.45) is 1.67. The molecular formula is C15H30N2O3. The highest BCUT2D eigenvalue weighted by Crippen LogP contribution is 2.21. The molecule has 1 aliphatic rings. The Labute approximate surface area is 122 Å². The van der Waals surface area contributed by atoms with Crippen molar-refractivity contribution in [2.45, 2.75) is 65.1 Å². The number of carbonyl (C=O) groups is 1. The van der Waals surface area contributed by atoms with E-state index >= 15 is 0 Å². The number of carbonyl (C=O) groups excluding carboxylic acids is 1. The number of aliphatic hydroxyl groups is 1. The molecule has 5 nitrogen and oxygen atoms in total. The number of β-amino-alcohol motifs (C(OH)–C–C–N with tert-alkyl or cyclic N) is 1. The Morgan fingerprint density at radius 1 is 1.35 bits per heavy atom. The average molecular weight is 286 g/mol. The Bertz CT molecular complexity index is 305. The van der Waals surface area contributed by atoms with Crippen LogP contribution < -0.4 is 0 Å². The van der Waals surface area contributed by atoms with Gasteiger partial charge in [-0.05, 0) is 47.5 Å². The molecule has 0 radical (unpaired) electrons. The van der Waals surface area contributed by atoms with Crippen molar-refractivity contribution in [2.24, 2.45) is 0 Å². The molecule has 118 valence electrons. The highest BCUT2D eigenvalue weighted by atomic mass is 16.6. The largest absolute Gasteiger partial charge is 0.444 e. The predicted octanol–water partition coefficient (Wildman–Crippen LogP) is 2.09. The quantitative estimate of drug-likeness (QED) is 0.860. The Hall–Kier alpha value is -0.810. The molecule has 1 amide bonds. The van der Waals surface area contributed by atoms with Gasteiger partial charge < -0.3 is 19.6 Å². The lowest BCUT2D eigenvalue weighted by atomic mass is 10.0. The van der Waals surface area contributed by atoms with Crippen LogP contribution in [0.1, 0.15) is 47.5 Å². The molecule has 0 bridgehead atoms. The highest BCUT2D eigenvalue weighted by Gasteiger charge is 2.32. The highest BCUT2D eigenvalue weighted by molar-refractivity contribution is 5.69. The fourth-order valence-electron chi connectivity index (χ4n) is 2.66. The minimum absolute atomic E-state index is 0.138. The lowest BCUT2D eigenvalue weighted by Crippen LogP contribution is -2.51. The summed E-state index contributed by atoms with van der Waals surface area (Å²) in [5.41, 5.74) is -0.457. The minimum atomic E-state index is -0.457. The molecule has 5 heteroatoms. The second-order valence-corrected chi connectivity index (χ2v) is 6.78. The zero-order valence-electron chi connectivity index (χ0n) is 13.6. The normalized spacial score (nSPS) is 18.4. The first kappa shape index (κ1) is 17.2. The van der Waals surface area contributed by atoms with E-state index in [9.17, 15) is 4.79 Å². The molecule has 0 atom stereocenters. The smallest absolute Gasteiger partial charge is 0.410 e. The Morgan fingerprint density at radius 2 is 1.90 bits per heavy atom. The maximum atomic E-state index is 12.4. The van der Waals surface area contributed by atoms with E-state index in [2.05, 4.69) is 4.90 Å². The van der Waals surface area contributed by atoms with Gasteiger partial charge in [0.15, 0.2) is 0 Å². The standard InChI is InChI=1S/C15H30N2O3/c1-12(2)17(14(19)20-15(3,4)5)13-6-8-16(9-7-13)10-11-18/h12-13,18H,6-11H2,1-5H3. The summed E-state index contributed by atoms with van der Waals surface area (Å²) in [4.78, 5) is 16.5. The fraction of sp³-hybridized carbons (Fsp3) is 0.933. The Morgan fingerprint density at radius 3 is 2.30 bits per heavy atom. The SMILES string of the molecule is CC(C)N(C(=O)OC(C)(C)C)C1CCN(CCO)CC1. The number of piperidine rings is 1. The second kappa shape index (κ2) is 7.27. The summed E-state index contributed by atoms with van der Waals surface area (Å²) in [5.74, 6) is 0. The maximum absolute atomic E-state index is 12.4. The molecule has 1 rings (SSSR count). The van der Waals surface area contributed by atoms with Crippen LogP contribution in [0.25, 0.3) is 0 Å². The first-order chi connectivity index (χ1) is 9.24.